The van der Waals surface area contributed by atoms with Gasteiger partial charge in [0.25, 0.3) is 0 Å². The highest BCUT2D eigenvalue weighted by atomic mass is 32.2. The number of benzene rings is 2. The molecule has 3 rings (SSSR count). The van der Waals surface area contributed by atoms with Crippen molar-refractivity contribution in [3.8, 4) is 0 Å². The smallest absolute Gasteiger partial charge is 0.338 e. The van der Waals surface area contributed by atoms with Gasteiger partial charge in [0.15, 0.2) is 0 Å². The number of carbonyl (C=O) groups is 2. The van der Waals surface area contributed by atoms with Crippen LogP contribution in [0.2, 0.25) is 0 Å². The molecule has 7 nitrogen and oxygen atoms in total. The van der Waals surface area contributed by atoms with Crippen molar-refractivity contribution in [1.29, 1.82) is 0 Å². The molecule has 178 valence electrons. The number of rotatable bonds is 9. The molecule has 33 heavy (non-hydrogen) atoms. The quantitative estimate of drug-likeness (QED) is 0.446. The average molecular weight is 473 g/mol. The van der Waals surface area contributed by atoms with Gasteiger partial charge in [0, 0.05) is 19.0 Å². The summed E-state index contributed by atoms with van der Waals surface area (Å²) >= 11 is 0. The van der Waals surface area contributed by atoms with E-state index in [1.165, 1.54) is 34.1 Å². The fraction of sp³-hybridized carbons (Fsp3) is 0.440. The lowest BCUT2D eigenvalue weighted by Gasteiger charge is -2.32. The summed E-state index contributed by atoms with van der Waals surface area (Å²) in [6.07, 6.45) is 3.76. The third-order valence-electron chi connectivity index (χ3n) is 5.86. The average Bonchev–Trinajstić information content (AvgIpc) is 2.81. The number of ether oxygens (including phenoxy) is 1. The van der Waals surface area contributed by atoms with Crippen molar-refractivity contribution in [2.24, 2.45) is 0 Å². The molecule has 2 aromatic rings. The molecule has 1 N–H and O–H groups in total. The number of piperidine rings is 1. The van der Waals surface area contributed by atoms with Crippen molar-refractivity contribution < 1.29 is 22.7 Å². The van der Waals surface area contributed by atoms with Crippen LogP contribution in [0.15, 0.2) is 53.4 Å². The molecule has 1 saturated heterocycles. The Morgan fingerprint density at radius 3 is 2.42 bits per heavy atom. The summed E-state index contributed by atoms with van der Waals surface area (Å²) in [5.41, 5.74) is 2.55. The van der Waals surface area contributed by atoms with Gasteiger partial charge in [-0.3, -0.25) is 4.79 Å². The van der Waals surface area contributed by atoms with Crippen LogP contribution in [-0.4, -0.2) is 50.3 Å². The Morgan fingerprint density at radius 2 is 1.76 bits per heavy atom. The van der Waals surface area contributed by atoms with Crippen molar-refractivity contribution >= 4 is 21.9 Å². The zero-order valence-electron chi connectivity index (χ0n) is 19.2. The van der Waals surface area contributed by atoms with Gasteiger partial charge in [-0.05, 0) is 62.9 Å². The summed E-state index contributed by atoms with van der Waals surface area (Å²) in [5, 5.41) is 2.74. The molecule has 0 aromatic heterocycles. The maximum absolute atomic E-state index is 12.9. The predicted molar refractivity (Wildman–Crippen MR) is 126 cm³/mol. The minimum atomic E-state index is -3.58. The van der Waals surface area contributed by atoms with E-state index in [4.69, 9.17) is 4.74 Å². The first-order valence-electron chi connectivity index (χ1n) is 11.4. The fourth-order valence-corrected chi connectivity index (χ4v) is 5.55. The van der Waals surface area contributed by atoms with E-state index < -0.39 is 16.0 Å². The molecular weight excluding hydrogens is 440 g/mol. The Morgan fingerprint density at radius 1 is 1.06 bits per heavy atom. The summed E-state index contributed by atoms with van der Waals surface area (Å²) in [6, 6.07) is 13.8. The highest BCUT2D eigenvalue weighted by Crippen LogP contribution is 2.25. The van der Waals surface area contributed by atoms with Crippen molar-refractivity contribution in [3.63, 3.8) is 0 Å². The van der Waals surface area contributed by atoms with E-state index in [1.807, 2.05) is 38.1 Å². The Labute approximate surface area is 196 Å². The summed E-state index contributed by atoms with van der Waals surface area (Å²) < 4.78 is 32.5. The molecule has 8 heteroatoms. The molecule has 0 bridgehead atoms. The van der Waals surface area contributed by atoms with Gasteiger partial charge in [-0.25, -0.2) is 13.2 Å². The number of nitrogens with zero attached hydrogens (tertiary/aromatic N) is 1. The van der Waals surface area contributed by atoms with Crippen LogP contribution in [0.3, 0.4) is 0 Å². The van der Waals surface area contributed by atoms with Crippen LogP contribution in [0.4, 0.5) is 0 Å². The van der Waals surface area contributed by atoms with Crippen LogP contribution < -0.4 is 5.32 Å². The number of carbonyl (C=O) groups excluding carboxylic acids is 2. The monoisotopic (exact) mass is 472 g/mol. The third kappa shape index (κ3) is 6.88. The Bertz CT molecular complexity index is 1050. The van der Waals surface area contributed by atoms with Crippen LogP contribution in [0.1, 0.15) is 54.1 Å². The lowest BCUT2D eigenvalue weighted by molar-refractivity contribution is -0.121. The number of sulfonamides is 1. The van der Waals surface area contributed by atoms with E-state index in [0.29, 0.717) is 19.4 Å². The van der Waals surface area contributed by atoms with Crippen molar-refractivity contribution in [2.45, 2.75) is 56.9 Å². The summed E-state index contributed by atoms with van der Waals surface area (Å²) in [7, 11) is -3.58. The molecule has 0 aliphatic carbocycles. The van der Waals surface area contributed by atoms with Crippen LogP contribution in [0.5, 0.6) is 0 Å². The zero-order chi connectivity index (χ0) is 23.8. The van der Waals surface area contributed by atoms with Crippen LogP contribution in [0.25, 0.3) is 0 Å². The number of aryl methyl sites for hydroxylation is 2. The molecule has 2 aromatic carbocycles. The SMILES string of the molecule is Cc1ccc(CCC(=O)NCCOC(=O)c2ccc(S(=O)(=O)N3CCCCC3C)cc2)cc1. The largest absolute Gasteiger partial charge is 0.460 e. The first-order valence-corrected chi connectivity index (χ1v) is 12.8. The van der Waals surface area contributed by atoms with E-state index in [1.54, 1.807) is 0 Å². The predicted octanol–water partition coefficient (Wildman–Crippen LogP) is 3.46. The highest BCUT2D eigenvalue weighted by Gasteiger charge is 2.30. The first-order chi connectivity index (χ1) is 15.8. The fourth-order valence-electron chi connectivity index (χ4n) is 3.85. The number of nitrogens with one attached hydrogen (secondary N) is 1. The topological polar surface area (TPSA) is 92.8 Å². The van der Waals surface area contributed by atoms with Gasteiger partial charge in [0.1, 0.15) is 6.61 Å². The van der Waals surface area contributed by atoms with Gasteiger partial charge < -0.3 is 10.1 Å². The van der Waals surface area contributed by atoms with Crippen LogP contribution in [0, 0.1) is 6.92 Å². The van der Waals surface area contributed by atoms with Gasteiger partial charge >= 0.3 is 5.97 Å². The van der Waals surface area contributed by atoms with Crippen molar-refractivity contribution in [1.82, 2.24) is 9.62 Å². The lowest BCUT2D eigenvalue weighted by atomic mass is 10.1. The molecule has 0 radical (unpaired) electrons. The van der Waals surface area contributed by atoms with E-state index >= 15 is 0 Å². The molecule has 1 aliphatic rings. The van der Waals surface area contributed by atoms with E-state index in [-0.39, 0.29) is 35.6 Å². The lowest BCUT2D eigenvalue weighted by Crippen LogP contribution is -2.41. The maximum atomic E-state index is 12.9. The normalized spacial score (nSPS) is 16.8. The third-order valence-corrected chi connectivity index (χ3v) is 7.89. The molecule has 1 amide bonds. The number of hydrogen-bond acceptors (Lipinski definition) is 5. The molecule has 1 unspecified atom stereocenters. The van der Waals surface area contributed by atoms with Crippen molar-refractivity contribution in [2.75, 3.05) is 19.7 Å². The van der Waals surface area contributed by atoms with Gasteiger partial charge in [0.2, 0.25) is 15.9 Å². The van der Waals surface area contributed by atoms with E-state index in [0.717, 1.165) is 24.8 Å². The standard InChI is InChI=1S/C25H32N2O5S/c1-19-6-8-21(9-7-19)10-15-24(28)26-16-18-32-25(29)22-11-13-23(14-12-22)33(30,31)27-17-4-3-5-20(27)2/h6-9,11-14,20H,3-5,10,15-18H2,1-2H3,(H,26,28). The molecule has 1 atom stereocenters. The molecule has 0 saturated carbocycles. The Balaban J connectivity index is 1.42. The Hall–Kier alpha value is -2.71. The van der Waals surface area contributed by atoms with E-state index in [9.17, 15) is 18.0 Å². The van der Waals surface area contributed by atoms with Gasteiger partial charge in [-0.15, -0.1) is 0 Å². The van der Waals surface area contributed by atoms with E-state index in [2.05, 4.69) is 5.32 Å². The van der Waals surface area contributed by atoms with Crippen LogP contribution >= 0.6 is 0 Å². The van der Waals surface area contributed by atoms with Gasteiger partial charge in [0.05, 0.1) is 17.0 Å². The summed E-state index contributed by atoms with van der Waals surface area (Å²) in [5.74, 6) is -0.660. The minimum Gasteiger partial charge on any atom is -0.460 e. The molecule has 0 spiro atoms. The zero-order valence-corrected chi connectivity index (χ0v) is 20.1. The second-order valence-corrected chi connectivity index (χ2v) is 10.3. The van der Waals surface area contributed by atoms with Gasteiger partial charge in [-0.2, -0.15) is 4.31 Å². The van der Waals surface area contributed by atoms with Crippen LogP contribution in [-0.2, 0) is 26.0 Å². The second-order valence-electron chi connectivity index (χ2n) is 8.46. The van der Waals surface area contributed by atoms with Crippen molar-refractivity contribution in [3.05, 3.63) is 65.2 Å². The first kappa shape index (κ1) is 24.9. The Kier molecular flexibility index (Phi) is 8.63. The van der Waals surface area contributed by atoms with Gasteiger partial charge in [-0.1, -0.05) is 36.2 Å². The maximum Gasteiger partial charge on any atom is 0.338 e. The molecular formula is C25H32N2O5S. The molecule has 1 heterocycles. The number of hydrogen-bond donors (Lipinski definition) is 1. The summed E-state index contributed by atoms with van der Waals surface area (Å²) in [4.78, 5) is 24.4. The highest BCUT2D eigenvalue weighted by molar-refractivity contribution is 7.89. The summed E-state index contributed by atoms with van der Waals surface area (Å²) in [6.45, 7) is 4.72. The minimum absolute atomic E-state index is 0.0273. The molecule has 1 aliphatic heterocycles. The second kappa shape index (κ2) is 11.4. The molecule has 1 fully saturated rings. The number of esters is 1. The number of amides is 1.